The zero-order valence-corrected chi connectivity index (χ0v) is 12.7. The molecule has 1 atom stereocenters. The summed E-state index contributed by atoms with van der Waals surface area (Å²) < 4.78 is 5.46. The first-order valence-electron chi connectivity index (χ1n) is 7.11. The normalized spacial score (nSPS) is 21.7. The number of benzene rings is 1. The van der Waals surface area contributed by atoms with Crippen LogP contribution in [0.3, 0.4) is 0 Å². The Bertz CT molecular complexity index is 440. The average molecular weight is 262 g/mol. The average Bonchev–Trinajstić information content (AvgIpc) is 2.68. The molecular weight excluding hydrogens is 236 g/mol. The van der Waals surface area contributed by atoms with E-state index in [2.05, 4.69) is 56.5 Å². The Kier molecular flexibility index (Phi) is 4.04. The number of hydrogen-bond acceptors (Lipinski definition) is 3. The summed E-state index contributed by atoms with van der Waals surface area (Å²) in [6.45, 7) is 9.92. The molecule has 0 spiro atoms. The van der Waals surface area contributed by atoms with Gasteiger partial charge in [-0.15, -0.1) is 0 Å². The maximum Gasteiger partial charge on any atom is 0.141 e. The van der Waals surface area contributed by atoms with Crippen LogP contribution >= 0.6 is 0 Å². The molecule has 3 nitrogen and oxygen atoms in total. The summed E-state index contributed by atoms with van der Waals surface area (Å²) in [6, 6.07) is 6.89. The van der Waals surface area contributed by atoms with Crippen molar-refractivity contribution in [1.29, 1.82) is 0 Å². The van der Waals surface area contributed by atoms with E-state index in [0.717, 1.165) is 24.4 Å². The van der Waals surface area contributed by atoms with Crippen molar-refractivity contribution in [2.75, 3.05) is 19.0 Å². The topological polar surface area (TPSA) is 33.3 Å². The highest BCUT2D eigenvalue weighted by molar-refractivity contribution is 5.59. The highest BCUT2D eigenvalue weighted by atomic mass is 16.5. The predicted molar refractivity (Wildman–Crippen MR) is 81.2 cm³/mol. The largest absolute Gasteiger partial charge is 0.495 e. The third-order valence-corrected chi connectivity index (χ3v) is 3.83. The zero-order valence-electron chi connectivity index (χ0n) is 12.7. The van der Waals surface area contributed by atoms with Gasteiger partial charge in [-0.2, -0.15) is 0 Å². The Morgan fingerprint density at radius 1 is 1.37 bits per heavy atom. The van der Waals surface area contributed by atoms with Crippen LogP contribution in [0.15, 0.2) is 18.2 Å². The van der Waals surface area contributed by atoms with Crippen molar-refractivity contribution < 1.29 is 4.74 Å². The van der Waals surface area contributed by atoms with E-state index in [4.69, 9.17) is 4.74 Å². The Labute approximate surface area is 116 Å². The van der Waals surface area contributed by atoms with Gasteiger partial charge in [0.25, 0.3) is 0 Å². The summed E-state index contributed by atoms with van der Waals surface area (Å²) in [6.07, 6.45) is 1.13. The van der Waals surface area contributed by atoms with E-state index in [1.54, 1.807) is 7.11 Å². The fourth-order valence-electron chi connectivity index (χ4n) is 2.68. The van der Waals surface area contributed by atoms with Gasteiger partial charge in [0.2, 0.25) is 0 Å². The fraction of sp³-hybridized carbons (Fsp3) is 0.625. The van der Waals surface area contributed by atoms with Gasteiger partial charge in [0.05, 0.1) is 12.8 Å². The molecule has 1 unspecified atom stereocenters. The van der Waals surface area contributed by atoms with Crippen LogP contribution in [0.5, 0.6) is 5.75 Å². The van der Waals surface area contributed by atoms with E-state index in [-0.39, 0.29) is 5.54 Å². The van der Waals surface area contributed by atoms with Crippen molar-refractivity contribution in [3.05, 3.63) is 23.8 Å². The molecule has 0 amide bonds. The Balaban J connectivity index is 2.16. The predicted octanol–water partition coefficient (Wildman–Crippen LogP) is 3.37. The molecule has 1 heterocycles. The fourth-order valence-corrected chi connectivity index (χ4v) is 2.68. The van der Waals surface area contributed by atoms with Crippen LogP contribution in [0.4, 0.5) is 5.69 Å². The third-order valence-electron chi connectivity index (χ3n) is 3.83. The van der Waals surface area contributed by atoms with E-state index >= 15 is 0 Å². The summed E-state index contributed by atoms with van der Waals surface area (Å²) in [7, 11) is 1.73. The standard InChI is InChI=1S/C16H26N2O/c1-11(2)12-6-7-15(19-5)14(8-12)18-13-9-16(3,4)17-10-13/h6-8,11,13,17-18H,9-10H2,1-5H3. The molecule has 1 saturated heterocycles. The van der Waals surface area contributed by atoms with Crippen molar-refractivity contribution in [2.45, 2.75) is 51.6 Å². The molecule has 0 radical (unpaired) electrons. The molecule has 1 aromatic rings. The van der Waals surface area contributed by atoms with Gasteiger partial charge in [-0.25, -0.2) is 0 Å². The number of hydrogen-bond donors (Lipinski definition) is 2. The zero-order chi connectivity index (χ0) is 14.0. The van der Waals surface area contributed by atoms with Gasteiger partial charge in [0.15, 0.2) is 0 Å². The molecule has 2 N–H and O–H groups in total. The van der Waals surface area contributed by atoms with E-state index in [1.807, 2.05) is 0 Å². The molecule has 1 fully saturated rings. The second-order valence-electron chi connectivity index (χ2n) is 6.42. The van der Waals surface area contributed by atoms with Crippen LogP contribution in [0.1, 0.15) is 45.6 Å². The summed E-state index contributed by atoms with van der Waals surface area (Å²) in [5.41, 5.74) is 2.67. The molecule has 3 heteroatoms. The van der Waals surface area contributed by atoms with Gasteiger partial charge in [-0.1, -0.05) is 19.9 Å². The minimum atomic E-state index is 0.223. The smallest absolute Gasteiger partial charge is 0.141 e. The van der Waals surface area contributed by atoms with E-state index in [9.17, 15) is 0 Å². The van der Waals surface area contributed by atoms with Crippen molar-refractivity contribution in [3.63, 3.8) is 0 Å². The van der Waals surface area contributed by atoms with E-state index in [0.29, 0.717) is 12.0 Å². The van der Waals surface area contributed by atoms with Gasteiger partial charge in [0.1, 0.15) is 5.75 Å². The van der Waals surface area contributed by atoms with Crippen molar-refractivity contribution >= 4 is 5.69 Å². The molecule has 19 heavy (non-hydrogen) atoms. The Morgan fingerprint density at radius 2 is 2.11 bits per heavy atom. The number of anilines is 1. The molecule has 1 aromatic carbocycles. The van der Waals surface area contributed by atoms with Crippen molar-refractivity contribution in [2.24, 2.45) is 0 Å². The molecule has 1 aliphatic rings. The van der Waals surface area contributed by atoms with Crippen molar-refractivity contribution in [3.8, 4) is 5.75 Å². The monoisotopic (exact) mass is 262 g/mol. The van der Waals surface area contributed by atoms with Crippen LogP contribution in [-0.4, -0.2) is 25.2 Å². The van der Waals surface area contributed by atoms with Crippen LogP contribution in [-0.2, 0) is 0 Å². The molecule has 0 aromatic heterocycles. The maximum absolute atomic E-state index is 5.46. The van der Waals surface area contributed by atoms with Gasteiger partial charge in [0, 0.05) is 18.1 Å². The molecule has 2 rings (SSSR count). The molecule has 0 aliphatic carbocycles. The highest BCUT2D eigenvalue weighted by Crippen LogP contribution is 2.31. The van der Waals surface area contributed by atoms with Crippen LogP contribution < -0.4 is 15.4 Å². The van der Waals surface area contributed by atoms with E-state index in [1.165, 1.54) is 5.56 Å². The number of rotatable bonds is 4. The van der Waals surface area contributed by atoms with Gasteiger partial charge in [-0.3, -0.25) is 0 Å². The third kappa shape index (κ3) is 3.41. The highest BCUT2D eigenvalue weighted by Gasteiger charge is 2.30. The quantitative estimate of drug-likeness (QED) is 0.873. The van der Waals surface area contributed by atoms with Gasteiger partial charge >= 0.3 is 0 Å². The first-order valence-corrected chi connectivity index (χ1v) is 7.11. The number of ether oxygens (including phenoxy) is 1. The molecule has 0 saturated carbocycles. The Hall–Kier alpha value is -1.22. The van der Waals surface area contributed by atoms with Crippen molar-refractivity contribution in [1.82, 2.24) is 5.32 Å². The second-order valence-corrected chi connectivity index (χ2v) is 6.42. The SMILES string of the molecule is COc1ccc(C(C)C)cc1NC1CNC(C)(C)C1. The van der Waals surface area contributed by atoms with Crippen LogP contribution in [0.25, 0.3) is 0 Å². The lowest BCUT2D eigenvalue weighted by atomic mass is 10.00. The lowest BCUT2D eigenvalue weighted by Gasteiger charge is -2.20. The lowest BCUT2D eigenvalue weighted by Crippen LogP contribution is -2.31. The maximum atomic E-state index is 5.46. The van der Waals surface area contributed by atoms with E-state index < -0.39 is 0 Å². The summed E-state index contributed by atoms with van der Waals surface area (Å²) >= 11 is 0. The number of methoxy groups -OCH3 is 1. The summed E-state index contributed by atoms with van der Waals surface area (Å²) in [4.78, 5) is 0. The first-order chi connectivity index (χ1) is 8.91. The molecular formula is C16H26N2O. The summed E-state index contributed by atoms with van der Waals surface area (Å²) in [5, 5.41) is 7.16. The van der Waals surface area contributed by atoms with Crippen LogP contribution in [0, 0.1) is 0 Å². The molecule has 0 bridgehead atoms. The summed E-state index contributed by atoms with van der Waals surface area (Å²) in [5.74, 6) is 1.46. The van der Waals surface area contributed by atoms with Gasteiger partial charge in [-0.05, 0) is 43.9 Å². The molecule has 106 valence electrons. The minimum Gasteiger partial charge on any atom is -0.495 e. The second kappa shape index (κ2) is 5.41. The molecule has 1 aliphatic heterocycles. The lowest BCUT2D eigenvalue weighted by molar-refractivity contribution is 0.415. The minimum absolute atomic E-state index is 0.223. The Morgan fingerprint density at radius 3 is 2.63 bits per heavy atom. The first kappa shape index (κ1) is 14.2. The van der Waals surface area contributed by atoms with Gasteiger partial charge < -0.3 is 15.4 Å². The number of nitrogens with one attached hydrogen (secondary N) is 2. The van der Waals surface area contributed by atoms with Crippen LogP contribution in [0.2, 0.25) is 0 Å².